The van der Waals surface area contributed by atoms with E-state index < -0.39 is 51.4 Å². The van der Waals surface area contributed by atoms with E-state index in [1.165, 1.54) is 6.92 Å². The SMILES string of the molecule is Cc1cc(C(F)(F)C(F)(F)F)n2nc(C(=O)Nc3ccc([N+](=O)[O-])cc3O)cc2n1. The summed E-state index contributed by atoms with van der Waals surface area (Å²) in [5, 5.41) is 26.0. The van der Waals surface area contributed by atoms with E-state index in [1.807, 2.05) is 0 Å². The monoisotopic (exact) mass is 431 g/mol. The minimum Gasteiger partial charge on any atom is -0.506 e. The van der Waals surface area contributed by atoms with Gasteiger partial charge in [-0.2, -0.15) is 27.1 Å². The van der Waals surface area contributed by atoms with Crippen LogP contribution in [-0.2, 0) is 5.92 Å². The number of nitro benzene ring substituents is 1. The van der Waals surface area contributed by atoms with Gasteiger partial charge in [-0.15, -0.1) is 0 Å². The van der Waals surface area contributed by atoms with E-state index in [9.17, 15) is 42.0 Å². The number of halogens is 5. The van der Waals surface area contributed by atoms with Crippen molar-refractivity contribution in [1.29, 1.82) is 0 Å². The standard InChI is InChI=1S/C16H10F5N5O4/c1-7-4-12(15(17,18)16(19,20)21)25-13(22-7)6-10(24-25)14(28)23-9-3-2-8(26(29)30)5-11(9)27/h2-6,27H,1H3,(H,23,28). The van der Waals surface area contributed by atoms with Crippen LogP contribution >= 0.6 is 0 Å². The fourth-order valence-electron chi connectivity index (χ4n) is 2.51. The zero-order valence-corrected chi connectivity index (χ0v) is 14.7. The first-order valence-corrected chi connectivity index (χ1v) is 7.92. The lowest BCUT2D eigenvalue weighted by molar-refractivity contribution is -0.384. The number of alkyl halides is 5. The molecule has 0 aliphatic rings. The van der Waals surface area contributed by atoms with Gasteiger partial charge in [0.05, 0.1) is 16.7 Å². The minimum absolute atomic E-state index is 0.165. The van der Waals surface area contributed by atoms with Gasteiger partial charge in [-0.1, -0.05) is 0 Å². The second-order valence-electron chi connectivity index (χ2n) is 6.07. The molecule has 158 valence electrons. The van der Waals surface area contributed by atoms with Crippen molar-refractivity contribution in [3.05, 3.63) is 57.5 Å². The predicted octanol–water partition coefficient (Wildman–Crippen LogP) is 3.56. The molecule has 0 atom stereocenters. The largest absolute Gasteiger partial charge is 0.506 e. The molecule has 9 nitrogen and oxygen atoms in total. The summed E-state index contributed by atoms with van der Waals surface area (Å²) in [7, 11) is 0. The number of phenolic OH excluding ortho intramolecular Hbond substituents is 1. The van der Waals surface area contributed by atoms with Crippen LogP contribution in [0, 0.1) is 17.0 Å². The summed E-state index contributed by atoms with van der Waals surface area (Å²) in [6.07, 6.45) is -5.91. The molecular weight excluding hydrogens is 421 g/mol. The predicted molar refractivity (Wildman–Crippen MR) is 90.4 cm³/mol. The number of aromatic hydroxyl groups is 1. The molecule has 2 heterocycles. The van der Waals surface area contributed by atoms with Crippen molar-refractivity contribution < 1.29 is 36.8 Å². The Labute approximate surface area is 162 Å². The molecule has 3 aromatic rings. The quantitative estimate of drug-likeness (QED) is 0.282. The number of aryl methyl sites for hydroxylation is 1. The highest BCUT2D eigenvalue weighted by molar-refractivity contribution is 6.04. The van der Waals surface area contributed by atoms with Crippen LogP contribution < -0.4 is 5.32 Å². The first-order valence-electron chi connectivity index (χ1n) is 7.92. The molecule has 30 heavy (non-hydrogen) atoms. The van der Waals surface area contributed by atoms with Gasteiger partial charge < -0.3 is 10.4 Å². The van der Waals surface area contributed by atoms with Crippen LogP contribution in [-0.4, -0.2) is 36.7 Å². The third-order valence-electron chi connectivity index (χ3n) is 3.91. The fraction of sp³-hybridized carbons (Fsp3) is 0.188. The number of benzene rings is 1. The second-order valence-corrected chi connectivity index (χ2v) is 6.07. The van der Waals surface area contributed by atoms with Gasteiger partial charge in [-0.05, 0) is 19.1 Å². The molecular formula is C16H10F5N5O4. The highest BCUT2D eigenvalue weighted by atomic mass is 19.4. The smallest absolute Gasteiger partial charge is 0.459 e. The molecule has 0 spiro atoms. The van der Waals surface area contributed by atoms with Gasteiger partial charge in [0.2, 0.25) is 0 Å². The topological polar surface area (TPSA) is 123 Å². The Morgan fingerprint density at radius 3 is 2.43 bits per heavy atom. The summed E-state index contributed by atoms with van der Waals surface area (Å²) >= 11 is 0. The maximum absolute atomic E-state index is 13.9. The number of anilines is 1. The van der Waals surface area contributed by atoms with Crippen LogP contribution in [0.5, 0.6) is 5.75 Å². The van der Waals surface area contributed by atoms with Crippen molar-refractivity contribution >= 4 is 22.9 Å². The van der Waals surface area contributed by atoms with E-state index in [1.54, 1.807) is 0 Å². The number of nitro groups is 1. The first-order chi connectivity index (χ1) is 13.8. The van der Waals surface area contributed by atoms with Gasteiger partial charge in [0.1, 0.15) is 11.4 Å². The summed E-state index contributed by atoms with van der Waals surface area (Å²) < 4.78 is 66.4. The van der Waals surface area contributed by atoms with Crippen LogP contribution in [0.1, 0.15) is 21.9 Å². The van der Waals surface area contributed by atoms with Gasteiger partial charge in [0.25, 0.3) is 11.6 Å². The number of fused-ring (bicyclic) bond motifs is 1. The third-order valence-corrected chi connectivity index (χ3v) is 3.91. The molecule has 0 unspecified atom stereocenters. The van der Waals surface area contributed by atoms with Crippen LogP contribution in [0.2, 0.25) is 0 Å². The van der Waals surface area contributed by atoms with E-state index in [-0.39, 0.29) is 15.9 Å². The molecule has 0 aliphatic carbocycles. The molecule has 0 aliphatic heterocycles. The van der Waals surface area contributed by atoms with Crippen molar-refractivity contribution in [2.45, 2.75) is 19.0 Å². The number of hydrogen-bond acceptors (Lipinski definition) is 6. The number of rotatable bonds is 4. The van der Waals surface area contributed by atoms with Crippen LogP contribution in [0.15, 0.2) is 30.3 Å². The van der Waals surface area contributed by atoms with Crippen LogP contribution in [0.3, 0.4) is 0 Å². The minimum atomic E-state index is -5.91. The third kappa shape index (κ3) is 3.58. The van der Waals surface area contributed by atoms with Gasteiger partial charge >= 0.3 is 12.1 Å². The Kier molecular flexibility index (Phi) is 4.80. The summed E-state index contributed by atoms with van der Waals surface area (Å²) in [6.45, 7) is 1.19. The zero-order chi connectivity index (χ0) is 22.4. The molecule has 1 amide bonds. The molecule has 0 saturated carbocycles. The average Bonchev–Trinajstić information content (AvgIpc) is 3.05. The van der Waals surface area contributed by atoms with Crippen molar-refractivity contribution in [2.75, 3.05) is 5.32 Å². The fourth-order valence-corrected chi connectivity index (χ4v) is 2.51. The maximum atomic E-state index is 13.9. The Morgan fingerprint density at radius 2 is 1.87 bits per heavy atom. The highest BCUT2D eigenvalue weighted by Gasteiger charge is 2.60. The van der Waals surface area contributed by atoms with Gasteiger partial charge in [0.15, 0.2) is 11.3 Å². The number of nitrogens with one attached hydrogen (secondary N) is 1. The molecule has 3 rings (SSSR count). The Morgan fingerprint density at radius 1 is 1.20 bits per heavy atom. The van der Waals surface area contributed by atoms with Crippen molar-refractivity contribution in [3.8, 4) is 5.75 Å². The number of phenols is 1. The average molecular weight is 431 g/mol. The number of nitrogens with zero attached hydrogens (tertiary/aromatic N) is 4. The summed E-state index contributed by atoms with van der Waals surface area (Å²) in [5.41, 5.74) is -3.45. The Hall–Kier alpha value is -3.84. The molecule has 2 aromatic heterocycles. The van der Waals surface area contributed by atoms with E-state index >= 15 is 0 Å². The zero-order valence-electron chi connectivity index (χ0n) is 14.7. The number of non-ortho nitro benzene ring substituents is 1. The van der Waals surface area contributed by atoms with E-state index in [0.717, 1.165) is 24.3 Å². The van der Waals surface area contributed by atoms with Crippen LogP contribution in [0.25, 0.3) is 5.65 Å². The molecule has 1 aromatic carbocycles. The van der Waals surface area contributed by atoms with E-state index in [4.69, 9.17) is 0 Å². The van der Waals surface area contributed by atoms with Crippen LogP contribution in [0.4, 0.5) is 33.3 Å². The number of hydrogen-bond donors (Lipinski definition) is 2. The molecule has 0 fully saturated rings. The molecule has 0 bridgehead atoms. The number of carbonyl (C=O) groups is 1. The van der Waals surface area contributed by atoms with E-state index in [2.05, 4.69) is 15.4 Å². The highest BCUT2D eigenvalue weighted by Crippen LogP contribution is 2.43. The number of aromatic nitrogens is 3. The summed E-state index contributed by atoms with van der Waals surface area (Å²) in [5.74, 6) is -7.02. The van der Waals surface area contributed by atoms with Gasteiger partial charge in [-0.3, -0.25) is 14.9 Å². The number of carbonyl (C=O) groups excluding carboxylic acids is 1. The second kappa shape index (κ2) is 6.89. The maximum Gasteiger partial charge on any atom is 0.459 e. The van der Waals surface area contributed by atoms with Crippen molar-refractivity contribution in [1.82, 2.24) is 14.6 Å². The van der Waals surface area contributed by atoms with Crippen molar-refractivity contribution in [3.63, 3.8) is 0 Å². The number of amides is 1. The van der Waals surface area contributed by atoms with E-state index in [0.29, 0.717) is 6.07 Å². The Balaban J connectivity index is 2.01. The molecule has 0 saturated heterocycles. The normalized spacial score (nSPS) is 12.2. The lowest BCUT2D eigenvalue weighted by Gasteiger charge is -2.20. The Bertz CT molecular complexity index is 1170. The van der Waals surface area contributed by atoms with Gasteiger partial charge in [-0.25, -0.2) is 9.50 Å². The molecule has 14 heteroatoms. The molecule has 0 radical (unpaired) electrons. The van der Waals surface area contributed by atoms with Gasteiger partial charge in [0, 0.05) is 17.8 Å². The molecule has 2 N–H and O–H groups in total. The van der Waals surface area contributed by atoms with Crippen molar-refractivity contribution in [2.24, 2.45) is 0 Å². The lowest BCUT2D eigenvalue weighted by Crippen LogP contribution is -2.36. The lowest BCUT2D eigenvalue weighted by atomic mass is 10.2. The summed E-state index contributed by atoms with van der Waals surface area (Å²) in [6, 6.07) is 4.11. The first kappa shape index (κ1) is 20.9. The summed E-state index contributed by atoms with van der Waals surface area (Å²) in [4.78, 5) is 26.0.